The Labute approximate surface area is 92.4 Å². The molecule has 0 aromatic carbocycles. The molecule has 1 saturated heterocycles. The summed E-state index contributed by atoms with van der Waals surface area (Å²) in [5, 5.41) is 0. The molecule has 1 aliphatic heterocycles. The maximum absolute atomic E-state index is 11.2. The van der Waals surface area contributed by atoms with Gasteiger partial charge in [-0.05, 0) is 39.9 Å². The Kier molecular flexibility index (Phi) is 3.42. The lowest BCUT2D eigenvalue weighted by Crippen LogP contribution is -2.40. The van der Waals surface area contributed by atoms with Crippen LogP contribution in [0.3, 0.4) is 0 Å². The van der Waals surface area contributed by atoms with Crippen molar-refractivity contribution in [3.05, 3.63) is 0 Å². The highest BCUT2D eigenvalue weighted by molar-refractivity contribution is 5.81. The lowest BCUT2D eigenvalue weighted by Gasteiger charge is -2.29. The van der Waals surface area contributed by atoms with Crippen LogP contribution in [0.5, 0.6) is 0 Å². The monoisotopic (exact) mass is 210 g/mol. The minimum absolute atomic E-state index is 0.451. The van der Waals surface area contributed by atoms with Gasteiger partial charge in [-0.1, -0.05) is 0 Å². The van der Waals surface area contributed by atoms with E-state index in [0.29, 0.717) is 17.9 Å². The highest BCUT2D eigenvalue weighted by Gasteiger charge is 2.29. The van der Waals surface area contributed by atoms with Crippen molar-refractivity contribution < 1.29 is 4.79 Å². The molecule has 3 nitrogen and oxygen atoms in total. The van der Waals surface area contributed by atoms with E-state index in [1.54, 1.807) is 0 Å². The molecule has 2 atom stereocenters. The zero-order chi connectivity index (χ0) is 10.8. The average Bonchev–Trinajstić information content (AvgIpc) is 2.77. The molecule has 1 saturated carbocycles. The third kappa shape index (κ3) is 2.58. The van der Waals surface area contributed by atoms with Crippen molar-refractivity contribution in [2.75, 3.05) is 27.2 Å². The molecule has 0 spiro atoms. The summed E-state index contributed by atoms with van der Waals surface area (Å²) < 4.78 is 0. The molecule has 3 heteroatoms. The first-order valence-electron chi connectivity index (χ1n) is 6.09. The van der Waals surface area contributed by atoms with Crippen LogP contribution in [0.4, 0.5) is 0 Å². The Balaban J connectivity index is 1.81. The van der Waals surface area contributed by atoms with Crippen LogP contribution in [0, 0.1) is 0 Å². The third-order valence-corrected chi connectivity index (χ3v) is 4.01. The predicted octanol–water partition coefficient (Wildman–Crippen LogP) is 1.13. The van der Waals surface area contributed by atoms with Gasteiger partial charge in [0.15, 0.2) is 0 Å². The maximum atomic E-state index is 11.2. The van der Waals surface area contributed by atoms with Gasteiger partial charge in [0.1, 0.15) is 5.78 Å². The first-order chi connectivity index (χ1) is 7.16. The fourth-order valence-corrected chi connectivity index (χ4v) is 2.86. The number of Topliss-reactive ketones (excluding diaryl/α,β-unsaturated/α-hetero) is 1. The number of ketones is 1. The van der Waals surface area contributed by atoms with Crippen molar-refractivity contribution in [3.63, 3.8) is 0 Å². The first-order valence-corrected chi connectivity index (χ1v) is 6.09. The summed E-state index contributed by atoms with van der Waals surface area (Å²) in [5.41, 5.74) is 0. The number of carbonyl (C=O) groups excluding carboxylic acids is 1. The number of likely N-dealkylation sites (N-methyl/N-ethyl adjacent to an activating group) is 2. The molecule has 1 aliphatic carbocycles. The summed E-state index contributed by atoms with van der Waals surface area (Å²) in [5.74, 6) is 0.451. The summed E-state index contributed by atoms with van der Waals surface area (Å²) in [6, 6.07) is 1.23. The van der Waals surface area contributed by atoms with E-state index in [0.717, 1.165) is 25.8 Å². The first kappa shape index (κ1) is 11.1. The highest BCUT2D eigenvalue weighted by Crippen LogP contribution is 2.22. The summed E-state index contributed by atoms with van der Waals surface area (Å²) in [4.78, 5) is 16.1. The van der Waals surface area contributed by atoms with Gasteiger partial charge in [0, 0.05) is 31.5 Å². The van der Waals surface area contributed by atoms with Crippen LogP contribution in [0.15, 0.2) is 0 Å². The molecule has 2 unspecified atom stereocenters. The molecule has 2 fully saturated rings. The number of likely N-dealkylation sites (tertiary alicyclic amines) is 1. The van der Waals surface area contributed by atoms with E-state index in [2.05, 4.69) is 23.9 Å². The molecule has 2 aliphatic rings. The van der Waals surface area contributed by atoms with E-state index < -0.39 is 0 Å². The lowest BCUT2D eigenvalue weighted by atomic mass is 10.1. The van der Waals surface area contributed by atoms with Crippen LogP contribution in [0.2, 0.25) is 0 Å². The minimum Gasteiger partial charge on any atom is -0.302 e. The lowest BCUT2D eigenvalue weighted by molar-refractivity contribution is -0.117. The van der Waals surface area contributed by atoms with Crippen LogP contribution >= 0.6 is 0 Å². The number of rotatable bonds is 3. The zero-order valence-corrected chi connectivity index (χ0v) is 9.91. The van der Waals surface area contributed by atoms with E-state index in [1.807, 2.05) is 0 Å². The standard InChI is InChI=1S/C12H22N2O/c1-13-7-3-4-11(13)9-14(2)10-5-6-12(15)8-10/h10-11H,3-9H2,1-2H3. The molecule has 2 rings (SSSR count). The Bertz CT molecular complexity index is 242. The molecule has 0 radical (unpaired) electrons. The van der Waals surface area contributed by atoms with Gasteiger partial charge in [0.25, 0.3) is 0 Å². The number of hydrogen-bond donors (Lipinski definition) is 0. The van der Waals surface area contributed by atoms with Gasteiger partial charge in [-0.2, -0.15) is 0 Å². The molecule has 86 valence electrons. The van der Waals surface area contributed by atoms with Crippen LogP contribution in [-0.2, 0) is 4.79 Å². The molecule has 0 N–H and O–H groups in total. The van der Waals surface area contributed by atoms with Crippen molar-refractivity contribution >= 4 is 5.78 Å². The smallest absolute Gasteiger partial charge is 0.134 e. The summed E-state index contributed by atoms with van der Waals surface area (Å²) in [6.07, 6.45) is 5.31. The zero-order valence-electron chi connectivity index (χ0n) is 9.91. The van der Waals surface area contributed by atoms with Crippen molar-refractivity contribution in [3.8, 4) is 0 Å². The van der Waals surface area contributed by atoms with E-state index in [9.17, 15) is 4.79 Å². The van der Waals surface area contributed by atoms with Gasteiger partial charge < -0.3 is 9.80 Å². The second-order valence-electron chi connectivity index (χ2n) is 5.15. The fourth-order valence-electron chi connectivity index (χ4n) is 2.86. The van der Waals surface area contributed by atoms with Gasteiger partial charge in [0.05, 0.1) is 0 Å². The van der Waals surface area contributed by atoms with Gasteiger partial charge >= 0.3 is 0 Å². The second-order valence-corrected chi connectivity index (χ2v) is 5.15. The van der Waals surface area contributed by atoms with E-state index in [-0.39, 0.29) is 0 Å². The van der Waals surface area contributed by atoms with Crippen LogP contribution in [-0.4, -0.2) is 54.9 Å². The second kappa shape index (κ2) is 4.62. The SMILES string of the molecule is CN1CCCC1CN(C)C1CCC(=O)C1. The minimum atomic E-state index is 0.451. The van der Waals surface area contributed by atoms with Gasteiger partial charge in [-0.3, -0.25) is 4.79 Å². The normalized spacial score (nSPS) is 33.1. The molecule has 0 aromatic rings. The molecular formula is C12H22N2O. The quantitative estimate of drug-likeness (QED) is 0.698. The number of carbonyl (C=O) groups is 1. The van der Waals surface area contributed by atoms with E-state index >= 15 is 0 Å². The summed E-state index contributed by atoms with van der Waals surface area (Å²) in [7, 11) is 4.39. The summed E-state index contributed by atoms with van der Waals surface area (Å²) >= 11 is 0. The topological polar surface area (TPSA) is 23.6 Å². The Morgan fingerprint density at radius 1 is 1.47 bits per heavy atom. The Morgan fingerprint density at radius 2 is 2.27 bits per heavy atom. The molecular weight excluding hydrogens is 188 g/mol. The van der Waals surface area contributed by atoms with Crippen LogP contribution in [0.25, 0.3) is 0 Å². The largest absolute Gasteiger partial charge is 0.302 e. The van der Waals surface area contributed by atoms with Crippen LogP contribution < -0.4 is 0 Å². The Hall–Kier alpha value is -0.410. The average molecular weight is 210 g/mol. The molecule has 1 heterocycles. The van der Waals surface area contributed by atoms with Crippen molar-refractivity contribution in [2.45, 2.75) is 44.2 Å². The van der Waals surface area contributed by atoms with E-state index in [1.165, 1.54) is 19.4 Å². The number of nitrogens with zero attached hydrogens (tertiary/aromatic N) is 2. The maximum Gasteiger partial charge on any atom is 0.134 e. The van der Waals surface area contributed by atoms with Crippen molar-refractivity contribution in [1.29, 1.82) is 0 Å². The summed E-state index contributed by atoms with van der Waals surface area (Å²) in [6.45, 7) is 2.37. The molecule has 0 bridgehead atoms. The Morgan fingerprint density at radius 3 is 2.80 bits per heavy atom. The fraction of sp³-hybridized carbons (Fsp3) is 0.917. The third-order valence-electron chi connectivity index (χ3n) is 4.01. The van der Waals surface area contributed by atoms with Crippen molar-refractivity contribution in [1.82, 2.24) is 9.80 Å². The number of hydrogen-bond acceptors (Lipinski definition) is 3. The molecule has 0 amide bonds. The van der Waals surface area contributed by atoms with Gasteiger partial charge in [-0.15, -0.1) is 0 Å². The van der Waals surface area contributed by atoms with E-state index in [4.69, 9.17) is 0 Å². The van der Waals surface area contributed by atoms with Crippen LogP contribution in [0.1, 0.15) is 32.1 Å². The van der Waals surface area contributed by atoms with Gasteiger partial charge in [0.2, 0.25) is 0 Å². The highest BCUT2D eigenvalue weighted by atomic mass is 16.1. The predicted molar refractivity (Wildman–Crippen MR) is 60.9 cm³/mol. The van der Waals surface area contributed by atoms with Crippen molar-refractivity contribution in [2.24, 2.45) is 0 Å². The molecule has 0 aromatic heterocycles. The molecule has 15 heavy (non-hydrogen) atoms. The van der Waals surface area contributed by atoms with Gasteiger partial charge in [-0.25, -0.2) is 0 Å².